The van der Waals surface area contributed by atoms with Crippen LogP contribution >= 0.6 is 0 Å². The number of nitrogen functional groups attached to an aromatic ring is 1. The molecule has 0 spiro atoms. The maximum Gasteiger partial charge on any atom is 0.410 e. The molecular formula is C16H23N3O3. The number of nitrogens with zero attached hydrogens (tertiary/aromatic N) is 2. The lowest BCUT2D eigenvalue weighted by Gasteiger charge is -2.42. The lowest BCUT2D eigenvalue weighted by Crippen LogP contribution is -2.50. The van der Waals surface area contributed by atoms with Gasteiger partial charge in [0.2, 0.25) is 0 Å². The minimum Gasteiger partial charge on any atom is -0.444 e. The first kappa shape index (κ1) is 14.9. The van der Waals surface area contributed by atoms with Gasteiger partial charge in [-0.05, 0) is 39.2 Å². The molecule has 2 aliphatic heterocycles. The van der Waals surface area contributed by atoms with Crippen LogP contribution < -0.4 is 11.3 Å². The lowest BCUT2D eigenvalue weighted by atomic mass is 9.83. The summed E-state index contributed by atoms with van der Waals surface area (Å²) in [5.74, 6) is 0.441. The summed E-state index contributed by atoms with van der Waals surface area (Å²) in [5.41, 5.74) is 6.70. The molecule has 0 aromatic carbocycles. The number of pyridine rings is 1. The van der Waals surface area contributed by atoms with Crippen molar-refractivity contribution >= 4 is 11.8 Å². The average Bonchev–Trinajstić information content (AvgIpc) is 2.38. The Morgan fingerprint density at radius 3 is 2.68 bits per heavy atom. The van der Waals surface area contributed by atoms with Gasteiger partial charge in [-0.2, -0.15) is 0 Å². The van der Waals surface area contributed by atoms with Gasteiger partial charge in [-0.15, -0.1) is 0 Å². The Kier molecular flexibility index (Phi) is 3.42. The minimum atomic E-state index is -0.497. The molecule has 1 fully saturated rings. The number of carbonyl (C=O) groups excluding carboxylic acids is 1. The highest BCUT2D eigenvalue weighted by Gasteiger charge is 2.37. The first-order valence-electron chi connectivity index (χ1n) is 7.71. The molecule has 1 saturated heterocycles. The Bertz CT molecular complexity index is 660. The van der Waals surface area contributed by atoms with E-state index < -0.39 is 5.60 Å². The Labute approximate surface area is 129 Å². The molecule has 6 nitrogen and oxygen atoms in total. The summed E-state index contributed by atoms with van der Waals surface area (Å²) in [6.07, 6.45) is 0.712. The van der Waals surface area contributed by atoms with Gasteiger partial charge in [0.15, 0.2) is 0 Å². The van der Waals surface area contributed by atoms with E-state index in [1.54, 1.807) is 4.90 Å². The van der Waals surface area contributed by atoms with E-state index in [0.717, 1.165) is 12.1 Å². The van der Waals surface area contributed by atoms with Crippen LogP contribution in [0.1, 0.15) is 38.8 Å². The van der Waals surface area contributed by atoms with Crippen LogP contribution in [0.25, 0.3) is 0 Å². The smallest absolute Gasteiger partial charge is 0.410 e. The number of amides is 1. The summed E-state index contributed by atoms with van der Waals surface area (Å²) >= 11 is 0. The van der Waals surface area contributed by atoms with Crippen molar-refractivity contribution in [1.82, 2.24) is 9.47 Å². The van der Waals surface area contributed by atoms with Crippen LogP contribution in [-0.4, -0.2) is 34.3 Å². The van der Waals surface area contributed by atoms with E-state index >= 15 is 0 Å². The number of hydrogen-bond donors (Lipinski definition) is 1. The number of carbonyl (C=O) groups is 1. The summed E-state index contributed by atoms with van der Waals surface area (Å²) in [6.45, 7) is 7.46. The van der Waals surface area contributed by atoms with Crippen LogP contribution in [0.5, 0.6) is 0 Å². The molecule has 6 heteroatoms. The van der Waals surface area contributed by atoms with Crippen molar-refractivity contribution in [2.75, 3.05) is 18.8 Å². The van der Waals surface area contributed by atoms with E-state index in [-0.39, 0.29) is 17.6 Å². The van der Waals surface area contributed by atoms with Crippen LogP contribution in [0.15, 0.2) is 16.9 Å². The molecule has 0 aliphatic carbocycles. The Balaban J connectivity index is 1.85. The van der Waals surface area contributed by atoms with Crippen LogP contribution in [-0.2, 0) is 11.3 Å². The quantitative estimate of drug-likeness (QED) is 0.792. The number of piperidine rings is 1. The van der Waals surface area contributed by atoms with Crippen molar-refractivity contribution in [1.29, 1.82) is 0 Å². The van der Waals surface area contributed by atoms with Crippen LogP contribution in [0.2, 0.25) is 0 Å². The van der Waals surface area contributed by atoms with E-state index in [9.17, 15) is 9.59 Å². The van der Waals surface area contributed by atoms with Crippen molar-refractivity contribution in [3.63, 3.8) is 0 Å². The van der Waals surface area contributed by atoms with Crippen molar-refractivity contribution < 1.29 is 9.53 Å². The van der Waals surface area contributed by atoms with E-state index in [4.69, 9.17) is 10.5 Å². The van der Waals surface area contributed by atoms with Crippen molar-refractivity contribution in [2.45, 2.75) is 45.3 Å². The second-order valence-corrected chi connectivity index (χ2v) is 7.35. The lowest BCUT2D eigenvalue weighted by molar-refractivity contribution is 0.0102. The molecule has 0 saturated carbocycles. The molecule has 1 unspecified atom stereocenters. The third-order valence-corrected chi connectivity index (χ3v) is 4.23. The zero-order chi connectivity index (χ0) is 16.1. The van der Waals surface area contributed by atoms with E-state index in [2.05, 4.69) is 0 Å². The number of nitrogens with two attached hydrogens (primary N) is 1. The molecule has 120 valence electrons. The molecule has 3 heterocycles. The summed E-state index contributed by atoms with van der Waals surface area (Å²) in [7, 11) is 0. The number of aromatic nitrogens is 1. The van der Waals surface area contributed by atoms with Crippen LogP contribution in [0.3, 0.4) is 0 Å². The summed E-state index contributed by atoms with van der Waals surface area (Å²) in [6, 6.07) is 3.33. The summed E-state index contributed by atoms with van der Waals surface area (Å²) in [4.78, 5) is 26.2. The van der Waals surface area contributed by atoms with E-state index in [0.29, 0.717) is 31.2 Å². The van der Waals surface area contributed by atoms with Crippen molar-refractivity contribution in [2.24, 2.45) is 5.92 Å². The van der Waals surface area contributed by atoms with Crippen molar-refractivity contribution in [3.05, 3.63) is 28.2 Å². The van der Waals surface area contributed by atoms with Gasteiger partial charge in [-0.1, -0.05) is 0 Å². The number of fused-ring (bicyclic) bond motifs is 4. The molecule has 1 amide bonds. The molecule has 3 rings (SSSR count). The Morgan fingerprint density at radius 1 is 1.27 bits per heavy atom. The normalized spacial score (nSPS) is 23.9. The number of ether oxygens (including phenoxy) is 1. The summed E-state index contributed by atoms with van der Waals surface area (Å²) < 4.78 is 7.28. The molecule has 2 N–H and O–H groups in total. The van der Waals surface area contributed by atoms with Crippen LogP contribution in [0, 0.1) is 5.92 Å². The largest absolute Gasteiger partial charge is 0.444 e. The second-order valence-electron chi connectivity index (χ2n) is 7.35. The van der Waals surface area contributed by atoms with Gasteiger partial charge >= 0.3 is 6.09 Å². The zero-order valence-corrected chi connectivity index (χ0v) is 13.3. The van der Waals surface area contributed by atoms with Crippen LogP contribution in [0.4, 0.5) is 10.5 Å². The molecular weight excluding hydrogens is 282 g/mol. The molecule has 2 atom stereocenters. The molecule has 22 heavy (non-hydrogen) atoms. The number of hydrogen-bond acceptors (Lipinski definition) is 4. The third-order valence-electron chi connectivity index (χ3n) is 4.23. The molecule has 2 aliphatic rings. The highest BCUT2D eigenvalue weighted by molar-refractivity contribution is 5.68. The third kappa shape index (κ3) is 2.82. The molecule has 0 radical (unpaired) electrons. The van der Waals surface area contributed by atoms with Crippen molar-refractivity contribution in [3.8, 4) is 0 Å². The fourth-order valence-electron chi connectivity index (χ4n) is 3.46. The maximum absolute atomic E-state index is 12.3. The van der Waals surface area contributed by atoms with E-state index in [1.807, 2.05) is 31.4 Å². The second kappa shape index (κ2) is 5.04. The predicted molar refractivity (Wildman–Crippen MR) is 83.8 cm³/mol. The van der Waals surface area contributed by atoms with Gasteiger partial charge in [-0.3, -0.25) is 4.79 Å². The molecule has 1 aromatic heterocycles. The SMILES string of the molecule is CC(C)(C)OC(=O)N1CC2C[C@@H](C1)c1cc(N)cc(=O)n1C2. The molecule has 2 bridgehead atoms. The number of anilines is 1. The van der Waals surface area contributed by atoms with Gasteiger partial charge in [0.05, 0.1) is 0 Å². The standard InChI is InChI=1S/C16H23N3O3/c1-16(2,3)22-15(21)18-7-10-4-11(9-18)13-5-12(17)6-14(20)19(13)8-10/h5-6,10-11H,4,7-9,17H2,1-3H3/t10?,11-/m0/s1. The predicted octanol–water partition coefficient (Wildman–Crippen LogP) is 1.78. The fraction of sp³-hybridized carbons (Fsp3) is 0.625. The summed E-state index contributed by atoms with van der Waals surface area (Å²) in [5, 5.41) is 0. The first-order valence-corrected chi connectivity index (χ1v) is 7.71. The van der Waals surface area contributed by atoms with Gasteiger partial charge in [0.1, 0.15) is 5.60 Å². The molecule has 1 aromatic rings. The minimum absolute atomic E-state index is 0.0459. The zero-order valence-electron chi connectivity index (χ0n) is 13.3. The van der Waals surface area contributed by atoms with Gasteiger partial charge in [0, 0.05) is 43.0 Å². The highest BCUT2D eigenvalue weighted by atomic mass is 16.6. The highest BCUT2D eigenvalue weighted by Crippen LogP contribution is 2.36. The Hall–Kier alpha value is -1.98. The van der Waals surface area contributed by atoms with E-state index in [1.165, 1.54) is 6.07 Å². The van der Waals surface area contributed by atoms with Gasteiger partial charge in [0.25, 0.3) is 5.56 Å². The topological polar surface area (TPSA) is 77.6 Å². The number of rotatable bonds is 0. The number of likely N-dealkylation sites (tertiary alicyclic amines) is 1. The maximum atomic E-state index is 12.3. The van der Waals surface area contributed by atoms with Gasteiger partial charge in [-0.25, -0.2) is 4.79 Å². The Morgan fingerprint density at radius 2 is 2.00 bits per heavy atom. The fourth-order valence-corrected chi connectivity index (χ4v) is 3.46. The van der Waals surface area contributed by atoms with Gasteiger partial charge < -0.3 is 19.9 Å². The first-order chi connectivity index (χ1) is 10.2. The average molecular weight is 305 g/mol. The monoisotopic (exact) mass is 305 g/mol.